The van der Waals surface area contributed by atoms with Crippen LogP contribution >= 0.6 is 0 Å². The number of pyridine rings is 1. The number of aromatic amines is 1. The van der Waals surface area contributed by atoms with Gasteiger partial charge in [-0.1, -0.05) is 24.3 Å². The molecule has 0 amide bonds. The highest BCUT2D eigenvalue weighted by Crippen LogP contribution is 2.14. The van der Waals surface area contributed by atoms with Crippen LogP contribution in [-0.4, -0.2) is 24.3 Å². The van der Waals surface area contributed by atoms with Crippen LogP contribution in [0, 0.1) is 0 Å². The van der Waals surface area contributed by atoms with Crippen molar-refractivity contribution in [1.82, 2.24) is 24.3 Å². The monoisotopic (exact) mass is 383 g/mol. The fourth-order valence-electron chi connectivity index (χ4n) is 3.34. The number of H-pyrrole nitrogens is 1. The number of hydrogen-bond donors (Lipinski definition) is 1. The van der Waals surface area contributed by atoms with E-state index < -0.39 is 11.1 Å². The molecular formula is C21H13N5O3. The average Bonchev–Trinajstić information content (AvgIpc) is 2.77. The summed E-state index contributed by atoms with van der Waals surface area (Å²) in [5, 5.41) is 3.45. The minimum absolute atomic E-state index is 0.00671. The Hall–Kier alpha value is -4.33. The quantitative estimate of drug-likeness (QED) is 0.500. The fourth-order valence-corrected chi connectivity index (χ4v) is 3.34. The van der Waals surface area contributed by atoms with Gasteiger partial charge in [0.25, 0.3) is 16.7 Å². The van der Waals surface area contributed by atoms with Crippen molar-refractivity contribution in [2.45, 2.75) is 0 Å². The second kappa shape index (κ2) is 6.38. The summed E-state index contributed by atoms with van der Waals surface area (Å²) in [5.74, 6) is -0.00671. The molecule has 1 N–H and O–H groups in total. The molecule has 2 aromatic carbocycles. The highest BCUT2D eigenvalue weighted by atomic mass is 16.2. The van der Waals surface area contributed by atoms with Gasteiger partial charge in [0.05, 0.1) is 27.4 Å². The molecule has 0 radical (unpaired) electrons. The number of fused-ring (bicyclic) bond motifs is 2. The topological polar surface area (TPSA) is 103 Å². The molecule has 5 rings (SSSR count). The van der Waals surface area contributed by atoms with Crippen LogP contribution < -0.4 is 16.7 Å². The maximum Gasteiger partial charge on any atom is 0.280 e. The number of para-hydroxylation sites is 1. The van der Waals surface area contributed by atoms with E-state index in [1.54, 1.807) is 60.7 Å². The molecule has 8 nitrogen and oxygen atoms in total. The zero-order valence-electron chi connectivity index (χ0n) is 14.9. The van der Waals surface area contributed by atoms with Gasteiger partial charge < -0.3 is 0 Å². The minimum atomic E-state index is -0.481. The lowest BCUT2D eigenvalue weighted by Crippen LogP contribution is -2.34. The summed E-state index contributed by atoms with van der Waals surface area (Å²) in [6, 6.07) is 16.6. The molecule has 0 bridgehead atoms. The maximum absolute atomic E-state index is 13.3. The van der Waals surface area contributed by atoms with Crippen LogP contribution in [0.5, 0.6) is 0 Å². The van der Waals surface area contributed by atoms with Crippen LogP contribution in [0.4, 0.5) is 0 Å². The summed E-state index contributed by atoms with van der Waals surface area (Å²) in [4.78, 5) is 47.5. The van der Waals surface area contributed by atoms with Crippen molar-refractivity contribution >= 4 is 21.7 Å². The standard InChI is InChI=1S/C21H13N5O3/c27-18-14-5-1-2-6-15(14)20(29)26(24-18)21-23-17-8-4-3-7-16(17)19(28)25(21)13-9-11-22-12-10-13/h1-12H,(H,24,27). The largest absolute Gasteiger partial charge is 0.280 e. The van der Waals surface area contributed by atoms with Gasteiger partial charge in [0.1, 0.15) is 0 Å². The summed E-state index contributed by atoms with van der Waals surface area (Å²) in [6.07, 6.45) is 3.07. The van der Waals surface area contributed by atoms with Crippen molar-refractivity contribution in [3.8, 4) is 11.6 Å². The highest BCUT2D eigenvalue weighted by Gasteiger charge is 2.17. The summed E-state index contributed by atoms with van der Waals surface area (Å²) in [6.45, 7) is 0. The van der Waals surface area contributed by atoms with Crippen molar-refractivity contribution in [2.75, 3.05) is 0 Å². The van der Waals surface area contributed by atoms with E-state index in [4.69, 9.17) is 0 Å². The predicted octanol–water partition coefficient (Wildman–Crippen LogP) is 1.77. The molecule has 0 aliphatic rings. The van der Waals surface area contributed by atoms with Gasteiger partial charge in [-0.15, -0.1) is 0 Å². The summed E-state index contributed by atoms with van der Waals surface area (Å²) in [5.41, 5.74) is -0.412. The third kappa shape index (κ3) is 2.58. The van der Waals surface area contributed by atoms with Crippen LogP contribution in [0.15, 0.2) is 87.4 Å². The Bertz CT molecular complexity index is 1570. The summed E-state index contributed by atoms with van der Waals surface area (Å²) >= 11 is 0. The van der Waals surface area contributed by atoms with E-state index >= 15 is 0 Å². The number of aromatic nitrogens is 5. The molecule has 0 aliphatic heterocycles. The first kappa shape index (κ1) is 16.8. The second-order valence-corrected chi connectivity index (χ2v) is 6.40. The molecule has 0 spiro atoms. The van der Waals surface area contributed by atoms with E-state index in [1.807, 2.05) is 0 Å². The van der Waals surface area contributed by atoms with Gasteiger partial charge in [-0.05, 0) is 36.4 Å². The molecule has 0 unspecified atom stereocenters. The molecule has 3 heterocycles. The number of benzene rings is 2. The Labute approximate surface area is 162 Å². The number of nitrogens with zero attached hydrogens (tertiary/aromatic N) is 4. The molecule has 29 heavy (non-hydrogen) atoms. The number of hydrogen-bond acceptors (Lipinski definition) is 5. The first-order valence-electron chi connectivity index (χ1n) is 8.82. The Balaban J connectivity index is 1.98. The van der Waals surface area contributed by atoms with Crippen molar-refractivity contribution in [3.63, 3.8) is 0 Å². The van der Waals surface area contributed by atoms with E-state index in [9.17, 15) is 14.4 Å². The Kier molecular flexibility index (Phi) is 3.70. The summed E-state index contributed by atoms with van der Waals surface area (Å²) < 4.78 is 2.30. The normalized spacial score (nSPS) is 11.2. The molecule has 140 valence electrons. The van der Waals surface area contributed by atoms with Gasteiger partial charge in [0, 0.05) is 12.4 Å². The lowest BCUT2D eigenvalue weighted by atomic mass is 10.2. The van der Waals surface area contributed by atoms with Crippen LogP contribution in [0.1, 0.15) is 0 Å². The minimum Gasteiger partial charge on any atom is -0.268 e. The molecule has 0 aliphatic carbocycles. The van der Waals surface area contributed by atoms with Crippen molar-refractivity contribution in [2.24, 2.45) is 0 Å². The highest BCUT2D eigenvalue weighted by molar-refractivity contribution is 5.81. The Morgan fingerprint density at radius 3 is 2.14 bits per heavy atom. The van der Waals surface area contributed by atoms with E-state index in [2.05, 4.69) is 15.1 Å². The van der Waals surface area contributed by atoms with Crippen LogP contribution in [-0.2, 0) is 0 Å². The van der Waals surface area contributed by atoms with Crippen LogP contribution in [0.3, 0.4) is 0 Å². The van der Waals surface area contributed by atoms with Crippen LogP contribution in [0.2, 0.25) is 0 Å². The number of nitrogens with one attached hydrogen (secondary N) is 1. The molecule has 3 aromatic heterocycles. The predicted molar refractivity (Wildman–Crippen MR) is 109 cm³/mol. The smallest absolute Gasteiger partial charge is 0.268 e. The van der Waals surface area contributed by atoms with Gasteiger partial charge in [0.15, 0.2) is 0 Å². The molecule has 0 saturated heterocycles. The number of rotatable bonds is 2. The zero-order valence-corrected chi connectivity index (χ0v) is 14.9. The first-order chi connectivity index (χ1) is 14.1. The SMILES string of the molecule is O=c1[nH]n(-c2nc3ccccc3c(=O)n2-c2ccncc2)c(=O)c2ccccc12. The third-order valence-corrected chi connectivity index (χ3v) is 4.70. The molecule has 0 saturated carbocycles. The fraction of sp³-hybridized carbons (Fsp3) is 0. The molecule has 8 heteroatoms. The lowest BCUT2D eigenvalue weighted by molar-refractivity contribution is 0.716. The third-order valence-electron chi connectivity index (χ3n) is 4.70. The van der Waals surface area contributed by atoms with E-state index in [0.717, 1.165) is 4.68 Å². The second-order valence-electron chi connectivity index (χ2n) is 6.40. The van der Waals surface area contributed by atoms with Gasteiger partial charge >= 0.3 is 0 Å². The molecule has 0 fully saturated rings. The van der Waals surface area contributed by atoms with Crippen molar-refractivity contribution in [3.05, 3.63) is 104 Å². The van der Waals surface area contributed by atoms with E-state index in [-0.39, 0.29) is 22.3 Å². The summed E-state index contributed by atoms with van der Waals surface area (Å²) in [7, 11) is 0. The van der Waals surface area contributed by atoms with Gasteiger partial charge in [-0.3, -0.25) is 24.5 Å². The van der Waals surface area contributed by atoms with E-state index in [0.29, 0.717) is 16.6 Å². The maximum atomic E-state index is 13.3. The van der Waals surface area contributed by atoms with Crippen molar-refractivity contribution < 1.29 is 0 Å². The van der Waals surface area contributed by atoms with E-state index in [1.165, 1.54) is 17.0 Å². The zero-order chi connectivity index (χ0) is 20.0. The van der Waals surface area contributed by atoms with Crippen LogP contribution in [0.25, 0.3) is 33.3 Å². The molecule has 0 atom stereocenters. The Morgan fingerprint density at radius 1 is 0.724 bits per heavy atom. The molecule has 5 aromatic rings. The van der Waals surface area contributed by atoms with Gasteiger partial charge in [-0.2, -0.15) is 4.68 Å². The lowest BCUT2D eigenvalue weighted by Gasteiger charge is -2.14. The Morgan fingerprint density at radius 2 is 1.38 bits per heavy atom. The average molecular weight is 383 g/mol. The van der Waals surface area contributed by atoms with Crippen molar-refractivity contribution in [1.29, 1.82) is 0 Å². The molecular weight excluding hydrogens is 370 g/mol. The van der Waals surface area contributed by atoms with Gasteiger partial charge in [-0.25, -0.2) is 9.55 Å². The van der Waals surface area contributed by atoms with Gasteiger partial charge in [0.2, 0.25) is 5.95 Å². The first-order valence-corrected chi connectivity index (χ1v) is 8.82.